The summed E-state index contributed by atoms with van der Waals surface area (Å²) < 4.78 is 13.7. The van der Waals surface area contributed by atoms with Gasteiger partial charge in [-0.1, -0.05) is 22.0 Å². The maximum Gasteiger partial charge on any atom is 0.128 e. The average molecular weight is 237 g/mol. The Balaban J connectivity index is 3.21. The lowest BCUT2D eigenvalue weighted by atomic mass is 10.1. The summed E-state index contributed by atoms with van der Waals surface area (Å²) in [6, 6.07) is 3.18. The van der Waals surface area contributed by atoms with Gasteiger partial charge in [-0.15, -0.1) is 11.6 Å². The van der Waals surface area contributed by atoms with Crippen molar-refractivity contribution in [2.75, 3.05) is 0 Å². The molecule has 1 aromatic carbocycles. The zero-order chi connectivity index (χ0) is 8.43. The lowest BCUT2D eigenvalue weighted by Gasteiger charge is -2.02. The van der Waals surface area contributed by atoms with Crippen LogP contribution in [0.3, 0.4) is 0 Å². The highest BCUT2D eigenvalue weighted by Crippen LogP contribution is 2.21. The molecule has 0 heterocycles. The number of halogens is 3. The topological polar surface area (TPSA) is 0 Å². The predicted molar refractivity (Wildman–Crippen MR) is 48.4 cm³/mol. The first-order chi connectivity index (χ1) is 5.15. The van der Waals surface area contributed by atoms with Crippen molar-refractivity contribution in [1.29, 1.82) is 0 Å². The number of benzene rings is 1. The summed E-state index contributed by atoms with van der Waals surface area (Å²) >= 11 is 8.73. The first kappa shape index (κ1) is 9.01. The largest absolute Gasteiger partial charge is 0.207 e. The molecular weight excluding hydrogens is 230 g/mol. The van der Waals surface area contributed by atoms with E-state index in [1.54, 1.807) is 6.07 Å². The molecule has 0 bridgehead atoms. The molecule has 1 aromatic rings. The first-order valence-corrected chi connectivity index (χ1v) is 4.48. The molecular formula is C8H7BrClF. The third-order valence-corrected chi connectivity index (χ3v) is 2.61. The molecule has 11 heavy (non-hydrogen) atoms. The van der Waals surface area contributed by atoms with Crippen molar-refractivity contribution in [3.05, 3.63) is 33.5 Å². The molecule has 0 aliphatic heterocycles. The molecule has 0 saturated heterocycles. The molecule has 1 rings (SSSR count). The van der Waals surface area contributed by atoms with Crippen LogP contribution in [0.25, 0.3) is 0 Å². The Morgan fingerprint density at radius 1 is 1.55 bits per heavy atom. The van der Waals surface area contributed by atoms with Crippen molar-refractivity contribution in [1.82, 2.24) is 0 Å². The van der Waals surface area contributed by atoms with Gasteiger partial charge < -0.3 is 0 Å². The van der Waals surface area contributed by atoms with Crippen LogP contribution in [0.5, 0.6) is 0 Å². The van der Waals surface area contributed by atoms with Gasteiger partial charge in [0.15, 0.2) is 0 Å². The van der Waals surface area contributed by atoms with E-state index in [1.165, 1.54) is 6.07 Å². The van der Waals surface area contributed by atoms with Crippen molar-refractivity contribution >= 4 is 27.5 Å². The van der Waals surface area contributed by atoms with E-state index in [4.69, 9.17) is 11.6 Å². The summed E-state index contributed by atoms with van der Waals surface area (Å²) in [4.78, 5) is 0. The molecule has 0 unspecified atom stereocenters. The van der Waals surface area contributed by atoms with E-state index in [0.29, 0.717) is 5.56 Å². The zero-order valence-corrected chi connectivity index (χ0v) is 8.34. The summed E-state index contributed by atoms with van der Waals surface area (Å²) in [5.74, 6) is -0.0302. The number of rotatable bonds is 1. The van der Waals surface area contributed by atoms with Gasteiger partial charge in [-0.25, -0.2) is 4.39 Å². The maximum absolute atomic E-state index is 12.9. The monoisotopic (exact) mass is 236 g/mol. The second-order valence-corrected chi connectivity index (χ2v) is 3.45. The lowest BCUT2D eigenvalue weighted by Crippen LogP contribution is -1.88. The van der Waals surface area contributed by atoms with E-state index in [9.17, 15) is 4.39 Å². The Bertz CT molecular complexity index is 273. The molecule has 0 aromatic heterocycles. The van der Waals surface area contributed by atoms with E-state index in [-0.39, 0.29) is 11.7 Å². The summed E-state index contributed by atoms with van der Waals surface area (Å²) in [7, 11) is 0. The fourth-order valence-corrected chi connectivity index (χ4v) is 1.34. The molecule has 0 N–H and O–H groups in total. The number of alkyl halides is 1. The molecule has 0 nitrogen and oxygen atoms in total. The Kier molecular flexibility index (Phi) is 2.90. The molecule has 0 fully saturated rings. The Hall–Kier alpha value is -0.0800. The van der Waals surface area contributed by atoms with Crippen LogP contribution in [-0.4, -0.2) is 0 Å². The second-order valence-electron chi connectivity index (χ2n) is 2.33. The minimum Gasteiger partial charge on any atom is -0.207 e. The van der Waals surface area contributed by atoms with Crippen LogP contribution in [0.15, 0.2) is 16.6 Å². The van der Waals surface area contributed by atoms with Crippen LogP contribution in [-0.2, 0) is 5.88 Å². The van der Waals surface area contributed by atoms with Crippen LogP contribution in [0.4, 0.5) is 4.39 Å². The standard InChI is InChI=1S/C8H7BrClF/c1-5-2-6(4-10)8(11)3-7(5)9/h2-3H,4H2,1H3. The highest BCUT2D eigenvalue weighted by molar-refractivity contribution is 9.10. The van der Waals surface area contributed by atoms with Gasteiger partial charge in [-0.2, -0.15) is 0 Å². The molecule has 3 heteroatoms. The van der Waals surface area contributed by atoms with Gasteiger partial charge in [0, 0.05) is 10.0 Å². The van der Waals surface area contributed by atoms with Gasteiger partial charge in [0.2, 0.25) is 0 Å². The van der Waals surface area contributed by atoms with Crippen LogP contribution >= 0.6 is 27.5 Å². The molecule has 0 radical (unpaired) electrons. The normalized spacial score (nSPS) is 10.2. The molecule has 60 valence electrons. The van der Waals surface area contributed by atoms with Crippen molar-refractivity contribution in [2.45, 2.75) is 12.8 Å². The van der Waals surface area contributed by atoms with Gasteiger partial charge in [0.25, 0.3) is 0 Å². The highest BCUT2D eigenvalue weighted by atomic mass is 79.9. The third-order valence-electron chi connectivity index (χ3n) is 1.47. The minimum absolute atomic E-state index is 0.222. The average Bonchev–Trinajstić information content (AvgIpc) is 1.97. The number of hydrogen-bond donors (Lipinski definition) is 0. The van der Waals surface area contributed by atoms with Crippen molar-refractivity contribution in [3.63, 3.8) is 0 Å². The number of aryl methyl sites for hydroxylation is 1. The van der Waals surface area contributed by atoms with Gasteiger partial charge in [-0.3, -0.25) is 0 Å². The Morgan fingerprint density at radius 2 is 2.18 bits per heavy atom. The van der Waals surface area contributed by atoms with E-state index >= 15 is 0 Å². The fourth-order valence-electron chi connectivity index (χ4n) is 0.819. The fraction of sp³-hybridized carbons (Fsp3) is 0.250. The predicted octanol–water partition coefficient (Wildman–Crippen LogP) is 3.64. The summed E-state index contributed by atoms with van der Waals surface area (Å²) in [5, 5.41) is 0. The van der Waals surface area contributed by atoms with Gasteiger partial charge in [-0.05, 0) is 18.6 Å². The zero-order valence-electron chi connectivity index (χ0n) is 6.00. The van der Waals surface area contributed by atoms with Crippen LogP contribution in [0.2, 0.25) is 0 Å². The molecule has 0 atom stereocenters. The summed E-state index contributed by atoms with van der Waals surface area (Å²) in [6.07, 6.45) is 0. The Labute approximate surface area is 78.5 Å². The van der Waals surface area contributed by atoms with Gasteiger partial charge >= 0.3 is 0 Å². The smallest absolute Gasteiger partial charge is 0.128 e. The minimum atomic E-state index is -0.252. The number of hydrogen-bond acceptors (Lipinski definition) is 0. The van der Waals surface area contributed by atoms with Crippen molar-refractivity contribution < 1.29 is 4.39 Å². The van der Waals surface area contributed by atoms with Gasteiger partial charge in [0.05, 0.1) is 5.88 Å². The summed E-state index contributed by atoms with van der Waals surface area (Å²) in [6.45, 7) is 1.90. The van der Waals surface area contributed by atoms with Crippen LogP contribution in [0, 0.1) is 12.7 Å². The van der Waals surface area contributed by atoms with E-state index in [2.05, 4.69) is 15.9 Å². The molecule has 0 aliphatic rings. The lowest BCUT2D eigenvalue weighted by molar-refractivity contribution is 0.615. The van der Waals surface area contributed by atoms with Crippen molar-refractivity contribution in [3.8, 4) is 0 Å². The SMILES string of the molecule is Cc1cc(CCl)c(F)cc1Br. The van der Waals surface area contributed by atoms with Crippen molar-refractivity contribution in [2.24, 2.45) is 0 Å². The van der Waals surface area contributed by atoms with E-state index in [0.717, 1.165) is 10.0 Å². The van der Waals surface area contributed by atoms with E-state index in [1.807, 2.05) is 6.92 Å². The highest BCUT2D eigenvalue weighted by Gasteiger charge is 2.03. The quantitative estimate of drug-likeness (QED) is 0.654. The molecule has 0 spiro atoms. The van der Waals surface area contributed by atoms with E-state index < -0.39 is 0 Å². The molecule has 0 amide bonds. The van der Waals surface area contributed by atoms with Crippen LogP contribution in [0.1, 0.15) is 11.1 Å². The second kappa shape index (κ2) is 3.55. The third kappa shape index (κ3) is 1.94. The molecule has 0 aliphatic carbocycles. The first-order valence-electron chi connectivity index (χ1n) is 3.15. The molecule has 0 saturated carbocycles. The summed E-state index contributed by atoms with van der Waals surface area (Å²) in [5.41, 5.74) is 1.55. The van der Waals surface area contributed by atoms with Crippen LogP contribution < -0.4 is 0 Å². The maximum atomic E-state index is 12.9. The Morgan fingerprint density at radius 3 is 2.73 bits per heavy atom. The van der Waals surface area contributed by atoms with Gasteiger partial charge in [0.1, 0.15) is 5.82 Å².